The Morgan fingerprint density at radius 3 is 2.71 bits per heavy atom. The molecule has 0 bridgehead atoms. The molecule has 0 saturated heterocycles. The Labute approximate surface area is 116 Å². The zero-order valence-corrected chi connectivity index (χ0v) is 12.4. The number of hydrogen-bond donors (Lipinski definition) is 1. The lowest BCUT2D eigenvalue weighted by Gasteiger charge is -2.40. The van der Waals surface area contributed by atoms with Crippen LogP contribution in [0.4, 0.5) is 0 Å². The van der Waals surface area contributed by atoms with Gasteiger partial charge in [-0.15, -0.1) is 0 Å². The molecule has 0 aromatic heterocycles. The van der Waals surface area contributed by atoms with E-state index in [1.54, 1.807) is 7.11 Å². The predicted molar refractivity (Wildman–Crippen MR) is 76.3 cm³/mol. The molecule has 1 aromatic rings. The van der Waals surface area contributed by atoms with E-state index in [0.717, 1.165) is 28.3 Å². The molecule has 0 spiro atoms. The summed E-state index contributed by atoms with van der Waals surface area (Å²) in [7, 11) is 1.66. The van der Waals surface area contributed by atoms with Crippen LogP contribution in [0.3, 0.4) is 0 Å². The van der Waals surface area contributed by atoms with Gasteiger partial charge in [-0.2, -0.15) is 12.6 Å². The summed E-state index contributed by atoms with van der Waals surface area (Å²) in [5, 5.41) is 0. The first-order valence-electron chi connectivity index (χ1n) is 5.77. The van der Waals surface area contributed by atoms with Crippen molar-refractivity contribution in [3.05, 3.63) is 22.7 Å². The van der Waals surface area contributed by atoms with E-state index in [2.05, 4.69) is 28.6 Å². The molecule has 0 atom stereocenters. The van der Waals surface area contributed by atoms with Crippen LogP contribution in [0.5, 0.6) is 11.5 Å². The lowest BCUT2D eigenvalue weighted by Crippen LogP contribution is -2.37. The topological polar surface area (TPSA) is 18.5 Å². The van der Waals surface area contributed by atoms with E-state index in [9.17, 15) is 0 Å². The van der Waals surface area contributed by atoms with Crippen molar-refractivity contribution in [3.63, 3.8) is 0 Å². The molecule has 1 aliphatic rings. The summed E-state index contributed by atoms with van der Waals surface area (Å²) in [6.45, 7) is 0.718. The van der Waals surface area contributed by atoms with Gasteiger partial charge in [-0.25, -0.2) is 0 Å². The molecule has 4 heteroatoms. The quantitative estimate of drug-likeness (QED) is 0.829. The summed E-state index contributed by atoms with van der Waals surface area (Å²) in [5.41, 5.74) is 0.267. The van der Waals surface area contributed by atoms with Gasteiger partial charge in [0, 0.05) is 5.41 Å². The Morgan fingerprint density at radius 1 is 1.41 bits per heavy atom. The fourth-order valence-electron chi connectivity index (χ4n) is 2.04. The highest BCUT2D eigenvalue weighted by Gasteiger charge is 2.36. The van der Waals surface area contributed by atoms with Crippen molar-refractivity contribution in [1.82, 2.24) is 0 Å². The number of rotatable bonds is 5. The largest absolute Gasteiger partial charge is 0.493 e. The van der Waals surface area contributed by atoms with E-state index in [-0.39, 0.29) is 5.41 Å². The molecule has 1 aromatic carbocycles. The first-order valence-corrected chi connectivity index (χ1v) is 7.19. The van der Waals surface area contributed by atoms with Gasteiger partial charge in [0.2, 0.25) is 0 Å². The third-order valence-electron chi connectivity index (χ3n) is 3.42. The number of hydrogen-bond acceptors (Lipinski definition) is 3. The second-order valence-electron chi connectivity index (χ2n) is 4.57. The van der Waals surface area contributed by atoms with Crippen LogP contribution >= 0.6 is 28.6 Å². The van der Waals surface area contributed by atoms with Gasteiger partial charge >= 0.3 is 0 Å². The molecule has 0 N–H and O–H groups in total. The molecule has 0 heterocycles. The highest BCUT2D eigenvalue weighted by Crippen LogP contribution is 2.43. The summed E-state index contributed by atoms with van der Waals surface area (Å²) in [5.74, 6) is 2.45. The minimum atomic E-state index is 0.267. The van der Waals surface area contributed by atoms with E-state index in [1.165, 1.54) is 19.3 Å². The lowest BCUT2D eigenvalue weighted by atomic mass is 9.71. The lowest BCUT2D eigenvalue weighted by molar-refractivity contribution is 0.0807. The highest BCUT2D eigenvalue weighted by molar-refractivity contribution is 9.10. The Kier molecular flexibility index (Phi) is 4.26. The molecule has 2 nitrogen and oxygen atoms in total. The maximum absolute atomic E-state index is 5.94. The van der Waals surface area contributed by atoms with Crippen molar-refractivity contribution in [1.29, 1.82) is 0 Å². The molecule has 0 amide bonds. The average Bonchev–Trinajstić information content (AvgIpc) is 2.29. The van der Waals surface area contributed by atoms with Crippen LogP contribution in [0.1, 0.15) is 19.3 Å². The number of halogens is 1. The van der Waals surface area contributed by atoms with Gasteiger partial charge in [0.25, 0.3) is 0 Å². The van der Waals surface area contributed by atoms with Crippen molar-refractivity contribution in [2.75, 3.05) is 19.5 Å². The monoisotopic (exact) mass is 316 g/mol. The van der Waals surface area contributed by atoms with Crippen LogP contribution in [0.15, 0.2) is 22.7 Å². The van der Waals surface area contributed by atoms with Crippen LogP contribution in [-0.2, 0) is 0 Å². The normalized spacial score (nSPS) is 17.4. The van der Waals surface area contributed by atoms with Crippen LogP contribution in [0.2, 0.25) is 0 Å². The molecule has 0 aliphatic heterocycles. The Hall–Kier alpha value is -0.350. The molecular weight excluding hydrogens is 300 g/mol. The van der Waals surface area contributed by atoms with E-state index in [1.807, 2.05) is 18.2 Å². The molecule has 1 saturated carbocycles. The number of thiol groups is 1. The van der Waals surface area contributed by atoms with Gasteiger partial charge in [0.1, 0.15) is 0 Å². The maximum atomic E-state index is 5.94. The van der Waals surface area contributed by atoms with Crippen LogP contribution in [-0.4, -0.2) is 19.5 Å². The van der Waals surface area contributed by atoms with Gasteiger partial charge < -0.3 is 9.47 Å². The molecule has 17 heavy (non-hydrogen) atoms. The molecule has 0 unspecified atom stereocenters. The first-order chi connectivity index (χ1) is 8.21. The number of ether oxygens (including phenoxy) is 2. The third kappa shape index (κ3) is 2.74. The zero-order chi connectivity index (χ0) is 12.3. The average molecular weight is 317 g/mol. The summed E-state index contributed by atoms with van der Waals surface area (Å²) in [4.78, 5) is 0. The standard InChI is InChI=1S/C13H17BrO2S/c1-15-11-5-2-4-10(14)12(11)16-8-13(9-17)6-3-7-13/h2,4-5,17H,3,6-9H2,1H3. The van der Waals surface area contributed by atoms with Crippen molar-refractivity contribution >= 4 is 28.6 Å². The smallest absolute Gasteiger partial charge is 0.175 e. The van der Waals surface area contributed by atoms with Crippen molar-refractivity contribution in [2.24, 2.45) is 5.41 Å². The summed E-state index contributed by atoms with van der Waals surface area (Å²) in [6.07, 6.45) is 3.71. The minimum absolute atomic E-state index is 0.267. The Balaban J connectivity index is 2.08. The third-order valence-corrected chi connectivity index (χ3v) is 4.72. The van der Waals surface area contributed by atoms with E-state index < -0.39 is 0 Å². The molecule has 94 valence electrons. The summed E-state index contributed by atoms with van der Waals surface area (Å²) >= 11 is 7.92. The minimum Gasteiger partial charge on any atom is -0.493 e. The summed E-state index contributed by atoms with van der Waals surface area (Å²) < 4.78 is 12.2. The molecule has 1 aliphatic carbocycles. The molecule has 0 radical (unpaired) electrons. The Morgan fingerprint density at radius 2 is 2.18 bits per heavy atom. The second-order valence-corrected chi connectivity index (χ2v) is 5.74. The fourth-order valence-corrected chi connectivity index (χ4v) is 2.91. The first kappa shape index (κ1) is 13.1. The van der Waals surface area contributed by atoms with Gasteiger partial charge in [0.15, 0.2) is 11.5 Å². The van der Waals surface area contributed by atoms with Gasteiger partial charge in [0.05, 0.1) is 18.2 Å². The molecular formula is C13H17BrO2S. The van der Waals surface area contributed by atoms with E-state index in [4.69, 9.17) is 9.47 Å². The van der Waals surface area contributed by atoms with Crippen molar-refractivity contribution in [3.8, 4) is 11.5 Å². The number of para-hydroxylation sites is 1. The van der Waals surface area contributed by atoms with Gasteiger partial charge in [-0.05, 0) is 46.7 Å². The van der Waals surface area contributed by atoms with E-state index in [0.29, 0.717) is 0 Å². The second kappa shape index (κ2) is 5.53. The predicted octanol–water partition coefficient (Wildman–Crippen LogP) is 3.94. The van der Waals surface area contributed by atoms with Crippen LogP contribution < -0.4 is 9.47 Å². The van der Waals surface area contributed by atoms with Crippen LogP contribution in [0, 0.1) is 5.41 Å². The molecule has 2 rings (SSSR count). The zero-order valence-electron chi connectivity index (χ0n) is 9.91. The fraction of sp³-hybridized carbons (Fsp3) is 0.538. The Bertz CT molecular complexity index is 385. The van der Waals surface area contributed by atoms with Gasteiger partial charge in [-0.3, -0.25) is 0 Å². The van der Waals surface area contributed by atoms with Gasteiger partial charge in [-0.1, -0.05) is 12.5 Å². The van der Waals surface area contributed by atoms with Crippen LogP contribution in [0.25, 0.3) is 0 Å². The van der Waals surface area contributed by atoms with E-state index >= 15 is 0 Å². The maximum Gasteiger partial charge on any atom is 0.175 e. The highest BCUT2D eigenvalue weighted by atomic mass is 79.9. The SMILES string of the molecule is COc1cccc(Br)c1OCC1(CS)CCC1. The summed E-state index contributed by atoms with van der Waals surface area (Å²) in [6, 6.07) is 5.81. The number of methoxy groups -OCH3 is 1. The number of benzene rings is 1. The van der Waals surface area contributed by atoms with Crippen molar-refractivity contribution < 1.29 is 9.47 Å². The van der Waals surface area contributed by atoms with Crippen molar-refractivity contribution in [2.45, 2.75) is 19.3 Å². The molecule has 1 fully saturated rings.